The SMILES string of the molecule is COC(=O)c1ccc(N(C)[C@H](CN2CCCC2)c2ccccc2)cc1. The summed E-state index contributed by atoms with van der Waals surface area (Å²) in [5, 5.41) is 0. The van der Waals surface area contributed by atoms with Crippen molar-refractivity contribution in [3.63, 3.8) is 0 Å². The number of anilines is 1. The number of hydrogen-bond donors (Lipinski definition) is 0. The number of hydrogen-bond acceptors (Lipinski definition) is 4. The summed E-state index contributed by atoms with van der Waals surface area (Å²) in [7, 11) is 3.53. The molecule has 2 aromatic carbocycles. The molecular weight excluding hydrogens is 312 g/mol. The van der Waals surface area contributed by atoms with Gasteiger partial charge in [-0.25, -0.2) is 4.79 Å². The van der Waals surface area contributed by atoms with E-state index in [1.54, 1.807) is 0 Å². The minimum absolute atomic E-state index is 0.281. The number of rotatable bonds is 6. The maximum Gasteiger partial charge on any atom is 0.337 e. The van der Waals surface area contributed by atoms with E-state index in [-0.39, 0.29) is 12.0 Å². The number of carbonyl (C=O) groups is 1. The summed E-state index contributed by atoms with van der Waals surface area (Å²) in [5.41, 5.74) is 2.99. The zero-order valence-electron chi connectivity index (χ0n) is 15.0. The van der Waals surface area contributed by atoms with Crippen LogP contribution in [0.3, 0.4) is 0 Å². The Balaban J connectivity index is 1.82. The van der Waals surface area contributed by atoms with Crippen molar-refractivity contribution < 1.29 is 9.53 Å². The van der Waals surface area contributed by atoms with Gasteiger partial charge in [-0.05, 0) is 55.8 Å². The minimum Gasteiger partial charge on any atom is -0.465 e. The molecule has 0 saturated carbocycles. The molecule has 0 N–H and O–H groups in total. The lowest BCUT2D eigenvalue weighted by atomic mass is 10.0. The summed E-state index contributed by atoms with van der Waals surface area (Å²) in [6.45, 7) is 3.37. The number of nitrogens with zero attached hydrogens (tertiary/aromatic N) is 2. The average Bonchev–Trinajstić information content (AvgIpc) is 3.19. The predicted molar refractivity (Wildman–Crippen MR) is 101 cm³/mol. The first-order valence-corrected chi connectivity index (χ1v) is 8.87. The van der Waals surface area contributed by atoms with Crippen molar-refractivity contribution in [2.24, 2.45) is 0 Å². The second kappa shape index (κ2) is 8.17. The van der Waals surface area contributed by atoms with Crippen LogP contribution in [0.2, 0.25) is 0 Å². The number of likely N-dealkylation sites (N-methyl/N-ethyl adjacent to an activating group) is 1. The van der Waals surface area contributed by atoms with Crippen molar-refractivity contribution >= 4 is 11.7 Å². The Morgan fingerprint density at radius 1 is 1.08 bits per heavy atom. The van der Waals surface area contributed by atoms with E-state index in [2.05, 4.69) is 47.2 Å². The molecule has 1 aliphatic heterocycles. The number of carbonyl (C=O) groups excluding carboxylic acids is 1. The molecule has 1 aliphatic rings. The van der Waals surface area contributed by atoms with Crippen LogP contribution in [0.25, 0.3) is 0 Å². The van der Waals surface area contributed by atoms with Gasteiger partial charge in [-0.3, -0.25) is 0 Å². The molecule has 0 aromatic heterocycles. The molecule has 132 valence electrons. The van der Waals surface area contributed by atoms with Gasteiger partial charge in [0.2, 0.25) is 0 Å². The van der Waals surface area contributed by atoms with Crippen LogP contribution in [0.4, 0.5) is 5.69 Å². The molecule has 2 aromatic rings. The zero-order valence-corrected chi connectivity index (χ0v) is 15.0. The molecule has 0 unspecified atom stereocenters. The number of esters is 1. The summed E-state index contributed by atoms with van der Waals surface area (Å²) < 4.78 is 4.78. The summed E-state index contributed by atoms with van der Waals surface area (Å²) in [4.78, 5) is 16.5. The van der Waals surface area contributed by atoms with Crippen LogP contribution >= 0.6 is 0 Å². The highest BCUT2D eigenvalue weighted by molar-refractivity contribution is 5.89. The van der Waals surface area contributed by atoms with Gasteiger partial charge in [-0.1, -0.05) is 30.3 Å². The van der Waals surface area contributed by atoms with E-state index in [4.69, 9.17) is 4.74 Å². The Kier molecular flexibility index (Phi) is 5.71. The Hall–Kier alpha value is -2.33. The van der Waals surface area contributed by atoms with Crippen LogP contribution in [0, 0.1) is 0 Å². The third-order valence-electron chi connectivity index (χ3n) is 4.98. The molecule has 1 heterocycles. The van der Waals surface area contributed by atoms with Gasteiger partial charge in [-0.2, -0.15) is 0 Å². The second-order valence-electron chi connectivity index (χ2n) is 6.58. The van der Waals surface area contributed by atoms with Gasteiger partial charge in [0.25, 0.3) is 0 Å². The predicted octanol–water partition coefficient (Wildman–Crippen LogP) is 3.75. The van der Waals surface area contributed by atoms with Gasteiger partial charge in [-0.15, -0.1) is 0 Å². The maximum absolute atomic E-state index is 11.6. The molecule has 0 bridgehead atoms. The molecule has 1 fully saturated rings. The van der Waals surface area contributed by atoms with Crippen LogP contribution in [-0.2, 0) is 4.74 Å². The first kappa shape index (κ1) is 17.5. The Labute approximate surface area is 150 Å². The van der Waals surface area contributed by atoms with Crippen LogP contribution in [0.5, 0.6) is 0 Å². The lowest BCUT2D eigenvalue weighted by Crippen LogP contribution is -2.35. The lowest BCUT2D eigenvalue weighted by Gasteiger charge is -2.33. The quantitative estimate of drug-likeness (QED) is 0.751. The standard InChI is InChI=1S/C21H26N2O2/c1-22(19-12-10-18(11-13-19)21(24)25-2)20(16-23-14-6-7-15-23)17-8-4-3-5-9-17/h3-5,8-13,20H,6-7,14-16H2,1-2H3/t20-/m1/s1. The van der Waals surface area contributed by atoms with E-state index in [1.165, 1.54) is 38.6 Å². The summed E-state index contributed by atoms with van der Waals surface area (Å²) in [5.74, 6) is -0.300. The number of likely N-dealkylation sites (tertiary alicyclic amines) is 1. The second-order valence-corrected chi connectivity index (χ2v) is 6.58. The average molecular weight is 338 g/mol. The molecule has 1 atom stereocenters. The topological polar surface area (TPSA) is 32.8 Å². The monoisotopic (exact) mass is 338 g/mol. The zero-order chi connectivity index (χ0) is 17.6. The molecular formula is C21H26N2O2. The third-order valence-corrected chi connectivity index (χ3v) is 4.98. The van der Waals surface area contributed by atoms with Crippen LogP contribution < -0.4 is 4.90 Å². The number of methoxy groups -OCH3 is 1. The fraction of sp³-hybridized carbons (Fsp3) is 0.381. The van der Waals surface area contributed by atoms with Gasteiger partial charge < -0.3 is 14.5 Å². The van der Waals surface area contributed by atoms with Gasteiger partial charge in [0.05, 0.1) is 18.7 Å². The van der Waals surface area contributed by atoms with Crippen molar-refractivity contribution in [3.8, 4) is 0 Å². The van der Waals surface area contributed by atoms with E-state index < -0.39 is 0 Å². The third kappa shape index (κ3) is 4.20. The summed E-state index contributed by atoms with van der Waals surface area (Å²) >= 11 is 0. The van der Waals surface area contributed by atoms with Gasteiger partial charge in [0.15, 0.2) is 0 Å². The number of benzene rings is 2. The lowest BCUT2D eigenvalue weighted by molar-refractivity contribution is 0.0601. The van der Waals surface area contributed by atoms with E-state index >= 15 is 0 Å². The summed E-state index contributed by atoms with van der Waals surface area (Å²) in [6.07, 6.45) is 2.58. The molecule has 0 amide bonds. The van der Waals surface area contributed by atoms with E-state index in [0.29, 0.717) is 5.56 Å². The van der Waals surface area contributed by atoms with Crippen molar-refractivity contribution in [1.82, 2.24) is 4.90 Å². The van der Waals surface area contributed by atoms with Gasteiger partial charge in [0.1, 0.15) is 0 Å². The molecule has 1 saturated heterocycles. The van der Waals surface area contributed by atoms with Crippen LogP contribution in [0.1, 0.15) is 34.8 Å². The Morgan fingerprint density at radius 3 is 2.32 bits per heavy atom. The van der Waals surface area contributed by atoms with Crippen molar-refractivity contribution in [1.29, 1.82) is 0 Å². The fourth-order valence-corrected chi connectivity index (χ4v) is 3.47. The Bertz CT molecular complexity index is 679. The highest BCUT2D eigenvalue weighted by Crippen LogP contribution is 2.28. The fourth-order valence-electron chi connectivity index (χ4n) is 3.47. The van der Waals surface area contributed by atoms with E-state index in [9.17, 15) is 4.79 Å². The van der Waals surface area contributed by atoms with Gasteiger partial charge >= 0.3 is 5.97 Å². The van der Waals surface area contributed by atoms with Crippen LogP contribution in [-0.4, -0.2) is 44.7 Å². The highest BCUT2D eigenvalue weighted by Gasteiger charge is 2.23. The smallest absolute Gasteiger partial charge is 0.337 e. The molecule has 0 spiro atoms. The van der Waals surface area contributed by atoms with E-state index in [0.717, 1.165) is 12.2 Å². The largest absolute Gasteiger partial charge is 0.465 e. The molecule has 4 heteroatoms. The highest BCUT2D eigenvalue weighted by atomic mass is 16.5. The first-order chi connectivity index (χ1) is 12.2. The first-order valence-electron chi connectivity index (χ1n) is 8.87. The van der Waals surface area contributed by atoms with E-state index in [1.807, 2.05) is 24.3 Å². The van der Waals surface area contributed by atoms with Gasteiger partial charge in [0, 0.05) is 19.3 Å². The molecule has 0 radical (unpaired) electrons. The Morgan fingerprint density at radius 2 is 1.72 bits per heavy atom. The molecule has 3 rings (SSSR count). The molecule has 4 nitrogen and oxygen atoms in total. The molecule has 25 heavy (non-hydrogen) atoms. The van der Waals surface area contributed by atoms with Crippen molar-refractivity contribution in [3.05, 3.63) is 65.7 Å². The normalized spacial score (nSPS) is 15.8. The maximum atomic E-state index is 11.6. The van der Waals surface area contributed by atoms with Crippen molar-refractivity contribution in [2.45, 2.75) is 18.9 Å². The van der Waals surface area contributed by atoms with Crippen molar-refractivity contribution in [2.75, 3.05) is 38.7 Å². The molecule has 0 aliphatic carbocycles. The van der Waals surface area contributed by atoms with Crippen LogP contribution in [0.15, 0.2) is 54.6 Å². The number of ether oxygens (including phenoxy) is 1. The summed E-state index contributed by atoms with van der Waals surface area (Å²) in [6, 6.07) is 18.6. The minimum atomic E-state index is -0.300.